The van der Waals surface area contributed by atoms with E-state index < -0.39 is 29.8 Å². The van der Waals surface area contributed by atoms with E-state index in [-0.39, 0.29) is 12.2 Å². The van der Waals surface area contributed by atoms with Crippen LogP contribution in [-0.2, 0) is 11.4 Å². The Labute approximate surface area is 165 Å². The van der Waals surface area contributed by atoms with Crippen LogP contribution in [0.5, 0.6) is 5.75 Å². The van der Waals surface area contributed by atoms with Crippen molar-refractivity contribution in [3.05, 3.63) is 59.4 Å². The van der Waals surface area contributed by atoms with Crippen LogP contribution in [0.4, 0.5) is 4.39 Å². The number of halogens is 1. The average Bonchev–Trinajstić information content (AvgIpc) is 3.02. The number of carbonyl (C=O) groups is 2. The fraction of sp³-hybridized carbons (Fsp3) is 0.250. The van der Waals surface area contributed by atoms with E-state index in [1.165, 1.54) is 19.1 Å². The molecule has 0 saturated carbocycles. The van der Waals surface area contributed by atoms with Gasteiger partial charge in [0.2, 0.25) is 5.91 Å². The Morgan fingerprint density at radius 2 is 2.10 bits per heavy atom. The highest BCUT2D eigenvalue weighted by Crippen LogP contribution is 2.29. The molecule has 0 aliphatic carbocycles. The minimum absolute atomic E-state index is 0.106. The molecule has 0 bridgehead atoms. The second-order valence-corrected chi connectivity index (χ2v) is 6.76. The number of nitrogens with zero attached hydrogens (tertiary/aromatic N) is 1. The van der Waals surface area contributed by atoms with Crippen molar-refractivity contribution < 1.29 is 28.2 Å². The number of hydrogen-bond acceptors (Lipinski definition) is 6. The maximum absolute atomic E-state index is 12.9. The van der Waals surface area contributed by atoms with Crippen LogP contribution in [0.3, 0.4) is 0 Å². The molecule has 1 aromatic carbocycles. The number of carbonyl (C=O) groups excluding carboxylic acids is 2. The summed E-state index contributed by atoms with van der Waals surface area (Å²) in [5.41, 5.74) is 4.84. The molecule has 1 atom stereocenters. The van der Waals surface area contributed by atoms with E-state index in [4.69, 9.17) is 14.9 Å². The number of fused-ring (bicyclic) bond motifs is 1. The summed E-state index contributed by atoms with van der Waals surface area (Å²) in [6.45, 7) is 2.39. The molecule has 29 heavy (non-hydrogen) atoms. The SMILES string of the molecule is Cc1oc2ccc(OCc3ccc(F)cn3)cc2c1C(=O)N[C@@](C)(CO)C(N)=O. The van der Waals surface area contributed by atoms with E-state index in [1.807, 2.05) is 0 Å². The zero-order chi connectivity index (χ0) is 21.2. The molecule has 2 aromatic heterocycles. The lowest BCUT2D eigenvalue weighted by Crippen LogP contribution is -2.57. The summed E-state index contributed by atoms with van der Waals surface area (Å²) < 4.78 is 24.2. The fourth-order valence-corrected chi connectivity index (χ4v) is 2.71. The maximum Gasteiger partial charge on any atom is 0.256 e. The molecule has 9 heteroatoms. The summed E-state index contributed by atoms with van der Waals surface area (Å²) in [5, 5.41) is 12.4. The number of hydrogen-bond donors (Lipinski definition) is 3. The molecule has 2 amide bonds. The second-order valence-electron chi connectivity index (χ2n) is 6.76. The predicted molar refractivity (Wildman–Crippen MR) is 102 cm³/mol. The van der Waals surface area contributed by atoms with Gasteiger partial charge in [0, 0.05) is 5.39 Å². The van der Waals surface area contributed by atoms with Gasteiger partial charge in [-0.05, 0) is 44.2 Å². The number of benzene rings is 1. The lowest BCUT2D eigenvalue weighted by Gasteiger charge is -2.24. The normalized spacial score (nSPS) is 13.1. The van der Waals surface area contributed by atoms with Crippen molar-refractivity contribution in [2.24, 2.45) is 5.73 Å². The average molecular weight is 401 g/mol. The fourth-order valence-electron chi connectivity index (χ4n) is 2.71. The van der Waals surface area contributed by atoms with Crippen molar-refractivity contribution in [1.29, 1.82) is 0 Å². The zero-order valence-corrected chi connectivity index (χ0v) is 15.9. The number of aliphatic hydroxyl groups excluding tert-OH is 1. The molecule has 0 spiro atoms. The number of pyridine rings is 1. The third-order valence-corrected chi connectivity index (χ3v) is 4.49. The number of rotatable bonds is 7. The van der Waals surface area contributed by atoms with Gasteiger partial charge in [-0.15, -0.1) is 0 Å². The predicted octanol–water partition coefficient (Wildman–Crippen LogP) is 1.82. The Bertz CT molecular complexity index is 1060. The molecule has 2 heterocycles. The largest absolute Gasteiger partial charge is 0.487 e. The first-order valence-electron chi connectivity index (χ1n) is 8.73. The minimum atomic E-state index is -1.62. The van der Waals surface area contributed by atoms with Gasteiger partial charge in [0.15, 0.2) is 0 Å². The van der Waals surface area contributed by atoms with Crippen LogP contribution in [0, 0.1) is 12.7 Å². The summed E-state index contributed by atoms with van der Waals surface area (Å²) in [6, 6.07) is 7.72. The Kier molecular flexibility index (Phi) is 5.51. The molecule has 0 fully saturated rings. The molecule has 3 aromatic rings. The van der Waals surface area contributed by atoms with Gasteiger partial charge in [0.05, 0.1) is 24.1 Å². The van der Waals surface area contributed by atoms with Crippen molar-refractivity contribution in [2.45, 2.75) is 26.0 Å². The number of aromatic nitrogens is 1. The first-order valence-corrected chi connectivity index (χ1v) is 8.73. The Balaban J connectivity index is 1.87. The van der Waals surface area contributed by atoms with Crippen LogP contribution < -0.4 is 15.8 Å². The number of aliphatic hydroxyl groups is 1. The van der Waals surface area contributed by atoms with E-state index in [0.717, 1.165) is 6.20 Å². The third-order valence-electron chi connectivity index (χ3n) is 4.49. The quantitative estimate of drug-likeness (QED) is 0.554. The topological polar surface area (TPSA) is 128 Å². The van der Waals surface area contributed by atoms with Crippen LogP contribution >= 0.6 is 0 Å². The number of ether oxygens (including phenoxy) is 1. The van der Waals surface area contributed by atoms with Crippen LogP contribution in [0.15, 0.2) is 40.9 Å². The molecule has 4 N–H and O–H groups in total. The number of amides is 2. The van der Waals surface area contributed by atoms with E-state index in [2.05, 4.69) is 10.3 Å². The van der Waals surface area contributed by atoms with E-state index in [1.54, 1.807) is 25.1 Å². The summed E-state index contributed by atoms with van der Waals surface area (Å²) in [7, 11) is 0. The Morgan fingerprint density at radius 1 is 1.34 bits per heavy atom. The molecule has 0 saturated heterocycles. The number of nitrogens with one attached hydrogen (secondary N) is 1. The van der Waals surface area contributed by atoms with Gasteiger partial charge in [-0.25, -0.2) is 4.39 Å². The highest BCUT2D eigenvalue weighted by Gasteiger charge is 2.34. The minimum Gasteiger partial charge on any atom is -0.487 e. The number of nitrogens with two attached hydrogens (primary N) is 1. The number of furan rings is 1. The molecule has 8 nitrogen and oxygen atoms in total. The van der Waals surface area contributed by atoms with Gasteiger partial charge in [-0.2, -0.15) is 0 Å². The lowest BCUT2D eigenvalue weighted by molar-refractivity contribution is -0.124. The third kappa shape index (κ3) is 4.19. The maximum atomic E-state index is 12.9. The van der Waals surface area contributed by atoms with Crippen molar-refractivity contribution in [2.75, 3.05) is 6.61 Å². The molecule has 3 rings (SSSR count). The van der Waals surface area contributed by atoms with Crippen LogP contribution in [0.1, 0.15) is 28.7 Å². The van der Waals surface area contributed by atoms with Gasteiger partial charge in [-0.1, -0.05) is 0 Å². The molecule has 0 aliphatic rings. The highest BCUT2D eigenvalue weighted by molar-refractivity contribution is 6.09. The summed E-state index contributed by atoms with van der Waals surface area (Å²) >= 11 is 0. The molecular weight excluding hydrogens is 381 g/mol. The lowest BCUT2D eigenvalue weighted by atomic mass is 10.0. The van der Waals surface area contributed by atoms with E-state index in [0.29, 0.717) is 28.2 Å². The molecular formula is C20H20FN3O5. The van der Waals surface area contributed by atoms with Crippen LogP contribution in [0.2, 0.25) is 0 Å². The van der Waals surface area contributed by atoms with Gasteiger partial charge < -0.3 is 25.3 Å². The summed E-state index contributed by atoms with van der Waals surface area (Å²) in [6.07, 6.45) is 1.10. The van der Waals surface area contributed by atoms with Crippen LogP contribution in [-0.4, -0.2) is 34.1 Å². The van der Waals surface area contributed by atoms with Crippen molar-refractivity contribution in [3.8, 4) is 5.75 Å². The monoisotopic (exact) mass is 401 g/mol. The summed E-state index contributed by atoms with van der Waals surface area (Å²) in [5.74, 6) is -1.15. The van der Waals surface area contributed by atoms with Crippen molar-refractivity contribution in [1.82, 2.24) is 10.3 Å². The van der Waals surface area contributed by atoms with Gasteiger partial charge in [0.25, 0.3) is 5.91 Å². The highest BCUT2D eigenvalue weighted by atomic mass is 19.1. The zero-order valence-electron chi connectivity index (χ0n) is 15.9. The summed E-state index contributed by atoms with van der Waals surface area (Å²) in [4.78, 5) is 28.3. The Hall–Kier alpha value is -3.46. The number of primary amides is 1. The molecule has 0 aliphatic heterocycles. The molecule has 152 valence electrons. The van der Waals surface area contributed by atoms with Gasteiger partial charge in [0.1, 0.15) is 35.1 Å². The smallest absolute Gasteiger partial charge is 0.256 e. The second kappa shape index (κ2) is 7.88. The van der Waals surface area contributed by atoms with E-state index >= 15 is 0 Å². The molecule has 0 unspecified atom stereocenters. The van der Waals surface area contributed by atoms with Crippen molar-refractivity contribution >= 4 is 22.8 Å². The van der Waals surface area contributed by atoms with Gasteiger partial charge >= 0.3 is 0 Å². The van der Waals surface area contributed by atoms with Crippen molar-refractivity contribution in [3.63, 3.8) is 0 Å². The Morgan fingerprint density at radius 3 is 2.72 bits per heavy atom. The van der Waals surface area contributed by atoms with E-state index in [9.17, 15) is 19.1 Å². The first-order chi connectivity index (χ1) is 13.7. The first kappa shape index (κ1) is 20.3. The molecule has 0 radical (unpaired) electrons. The van der Waals surface area contributed by atoms with Gasteiger partial charge in [-0.3, -0.25) is 14.6 Å². The standard InChI is InChI=1S/C20H20FN3O5/c1-11-17(18(26)24-20(2,10-25)19(22)27)15-7-14(5-6-16(15)29-11)28-9-13-4-3-12(21)8-23-13/h3-8,25H,9-10H2,1-2H3,(H2,22,27)(H,24,26)/t20-/m0/s1. The number of aryl methyl sites for hydroxylation is 1. The van der Waals surface area contributed by atoms with Crippen LogP contribution in [0.25, 0.3) is 11.0 Å².